The SMILES string of the molecule is NC(=O)c1ccc(N)cc1NCCc1ncon1. The smallest absolute Gasteiger partial charge is 0.250 e. The van der Waals surface area contributed by atoms with Crippen LogP contribution in [0.4, 0.5) is 11.4 Å². The summed E-state index contributed by atoms with van der Waals surface area (Å²) in [6.07, 6.45) is 1.84. The van der Waals surface area contributed by atoms with E-state index >= 15 is 0 Å². The molecule has 0 unspecified atom stereocenters. The lowest BCUT2D eigenvalue weighted by Gasteiger charge is -2.09. The van der Waals surface area contributed by atoms with Gasteiger partial charge in [0.15, 0.2) is 5.82 Å². The van der Waals surface area contributed by atoms with Crippen molar-refractivity contribution in [3.63, 3.8) is 0 Å². The number of rotatable bonds is 5. The number of hydrogen-bond acceptors (Lipinski definition) is 6. The van der Waals surface area contributed by atoms with Gasteiger partial charge in [0, 0.05) is 24.3 Å². The van der Waals surface area contributed by atoms with Crippen molar-refractivity contribution in [3.8, 4) is 0 Å². The highest BCUT2D eigenvalue weighted by Crippen LogP contribution is 2.18. The van der Waals surface area contributed by atoms with Crippen molar-refractivity contribution in [2.24, 2.45) is 5.73 Å². The molecule has 2 rings (SSSR count). The van der Waals surface area contributed by atoms with Crippen LogP contribution in [0.25, 0.3) is 0 Å². The van der Waals surface area contributed by atoms with Crippen molar-refractivity contribution in [1.29, 1.82) is 0 Å². The van der Waals surface area contributed by atoms with Gasteiger partial charge in [-0.1, -0.05) is 5.16 Å². The van der Waals surface area contributed by atoms with Crippen LogP contribution in [0, 0.1) is 0 Å². The first-order chi connectivity index (χ1) is 8.66. The van der Waals surface area contributed by atoms with E-state index in [0.29, 0.717) is 35.7 Å². The maximum atomic E-state index is 11.2. The molecule has 7 nitrogen and oxygen atoms in total. The summed E-state index contributed by atoms with van der Waals surface area (Å²) >= 11 is 0. The number of aromatic nitrogens is 2. The first-order valence-corrected chi connectivity index (χ1v) is 5.35. The number of amides is 1. The number of nitrogen functional groups attached to an aromatic ring is 1. The lowest BCUT2D eigenvalue weighted by Crippen LogP contribution is -2.16. The largest absolute Gasteiger partial charge is 0.399 e. The van der Waals surface area contributed by atoms with Crippen molar-refractivity contribution < 1.29 is 9.32 Å². The molecule has 1 aromatic carbocycles. The molecule has 0 fully saturated rings. The van der Waals surface area contributed by atoms with Gasteiger partial charge >= 0.3 is 0 Å². The Hall–Kier alpha value is -2.57. The van der Waals surface area contributed by atoms with Crippen molar-refractivity contribution in [2.45, 2.75) is 6.42 Å². The van der Waals surface area contributed by atoms with Crippen LogP contribution in [-0.2, 0) is 6.42 Å². The average molecular weight is 247 g/mol. The second-order valence-corrected chi connectivity index (χ2v) is 3.69. The summed E-state index contributed by atoms with van der Waals surface area (Å²) in [5.41, 5.74) is 12.5. The molecule has 1 aromatic heterocycles. The average Bonchev–Trinajstić information content (AvgIpc) is 2.82. The Labute approximate surface area is 103 Å². The number of nitrogens with zero attached hydrogens (tertiary/aromatic N) is 2. The third-order valence-electron chi connectivity index (χ3n) is 2.38. The van der Waals surface area contributed by atoms with Gasteiger partial charge in [-0.25, -0.2) is 0 Å². The van der Waals surface area contributed by atoms with E-state index in [1.54, 1.807) is 18.2 Å². The van der Waals surface area contributed by atoms with Crippen molar-refractivity contribution >= 4 is 17.3 Å². The lowest BCUT2D eigenvalue weighted by molar-refractivity contribution is 0.100. The van der Waals surface area contributed by atoms with E-state index < -0.39 is 5.91 Å². The minimum absolute atomic E-state index is 0.400. The highest BCUT2D eigenvalue weighted by molar-refractivity contribution is 5.99. The number of primary amides is 1. The summed E-state index contributed by atoms with van der Waals surface area (Å²) in [6.45, 7) is 0.545. The molecule has 7 heteroatoms. The number of benzene rings is 1. The van der Waals surface area contributed by atoms with Crippen molar-refractivity contribution in [1.82, 2.24) is 10.1 Å². The van der Waals surface area contributed by atoms with Gasteiger partial charge in [0.2, 0.25) is 6.39 Å². The fraction of sp³-hybridized carbons (Fsp3) is 0.182. The number of nitrogens with two attached hydrogens (primary N) is 2. The monoisotopic (exact) mass is 247 g/mol. The maximum absolute atomic E-state index is 11.2. The zero-order valence-corrected chi connectivity index (χ0v) is 9.59. The Morgan fingerprint density at radius 3 is 2.94 bits per heavy atom. The standard InChI is InChI=1S/C11H13N5O2/c12-7-1-2-8(11(13)17)9(5-7)14-4-3-10-15-6-18-16-10/h1-2,5-6,14H,3-4,12H2,(H2,13,17). The first kappa shape index (κ1) is 11.9. The van der Waals surface area contributed by atoms with E-state index in [4.69, 9.17) is 11.5 Å². The van der Waals surface area contributed by atoms with Crippen LogP contribution >= 0.6 is 0 Å². The third-order valence-corrected chi connectivity index (χ3v) is 2.38. The summed E-state index contributed by atoms with van der Waals surface area (Å²) in [5.74, 6) is 0.0871. The predicted molar refractivity (Wildman–Crippen MR) is 65.9 cm³/mol. The van der Waals surface area contributed by atoms with Crippen LogP contribution in [0.5, 0.6) is 0 Å². The molecule has 1 heterocycles. The Kier molecular flexibility index (Phi) is 3.42. The van der Waals surface area contributed by atoms with E-state index in [1.165, 1.54) is 6.39 Å². The van der Waals surface area contributed by atoms with Crippen LogP contribution in [0.2, 0.25) is 0 Å². The van der Waals surface area contributed by atoms with Crippen LogP contribution < -0.4 is 16.8 Å². The molecule has 0 radical (unpaired) electrons. The van der Waals surface area contributed by atoms with Gasteiger partial charge in [0.05, 0.1) is 5.56 Å². The predicted octanol–water partition coefficient (Wildman–Crippen LogP) is 0.405. The molecule has 0 aliphatic rings. The summed E-state index contributed by atoms with van der Waals surface area (Å²) < 4.78 is 4.62. The molecule has 0 saturated carbocycles. The number of carbonyl (C=O) groups excluding carboxylic acids is 1. The van der Waals surface area contributed by atoms with E-state index in [-0.39, 0.29) is 0 Å². The van der Waals surface area contributed by atoms with E-state index in [1.807, 2.05) is 0 Å². The number of anilines is 2. The molecule has 0 aliphatic heterocycles. The molecule has 18 heavy (non-hydrogen) atoms. The molecular weight excluding hydrogens is 234 g/mol. The Morgan fingerprint density at radius 1 is 1.44 bits per heavy atom. The molecule has 1 amide bonds. The molecular formula is C11H13N5O2. The summed E-state index contributed by atoms with van der Waals surface area (Å²) in [5, 5.41) is 6.75. The fourth-order valence-electron chi connectivity index (χ4n) is 1.53. The lowest BCUT2D eigenvalue weighted by atomic mass is 10.1. The van der Waals surface area contributed by atoms with Gasteiger partial charge in [-0.2, -0.15) is 4.98 Å². The quantitative estimate of drug-likeness (QED) is 0.658. The number of hydrogen-bond donors (Lipinski definition) is 3. The molecule has 0 aliphatic carbocycles. The topological polar surface area (TPSA) is 120 Å². The molecule has 0 spiro atoms. The molecule has 0 atom stereocenters. The zero-order valence-electron chi connectivity index (χ0n) is 9.59. The molecule has 0 bridgehead atoms. The van der Waals surface area contributed by atoms with Crippen LogP contribution in [0.1, 0.15) is 16.2 Å². The molecule has 5 N–H and O–H groups in total. The minimum Gasteiger partial charge on any atom is -0.399 e. The van der Waals surface area contributed by atoms with Gasteiger partial charge in [-0.3, -0.25) is 4.79 Å². The minimum atomic E-state index is -0.503. The van der Waals surface area contributed by atoms with Gasteiger partial charge in [-0.15, -0.1) is 0 Å². The third kappa shape index (κ3) is 2.76. The Balaban J connectivity index is 2.03. The Bertz CT molecular complexity index is 538. The van der Waals surface area contributed by atoms with Crippen LogP contribution in [0.3, 0.4) is 0 Å². The number of nitrogens with one attached hydrogen (secondary N) is 1. The highest BCUT2D eigenvalue weighted by Gasteiger charge is 2.08. The number of carbonyl (C=O) groups is 1. The molecule has 2 aromatic rings. The van der Waals surface area contributed by atoms with Gasteiger partial charge < -0.3 is 21.3 Å². The van der Waals surface area contributed by atoms with Crippen molar-refractivity contribution in [3.05, 3.63) is 36.0 Å². The van der Waals surface area contributed by atoms with Crippen LogP contribution in [-0.4, -0.2) is 22.6 Å². The fourth-order valence-corrected chi connectivity index (χ4v) is 1.53. The van der Waals surface area contributed by atoms with Crippen LogP contribution in [0.15, 0.2) is 29.1 Å². The Morgan fingerprint density at radius 2 is 2.28 bits per heavy atom. The van der Waals surface area contributed by atoms with Gasteiger partial charge in [0.1, 0.15) is 0 Å². The van der Waals surface area contributed by atoms with Gasteiger partial charge in [0.25, 0.3) is 5.91 Å². The molecule has 0 saturated heterocycles. The highest BCUT2D eigenvalue weighted by atomic mass is 16.5. The zero-order chi connectivity index (χ0) is 13.0. The normalized spacial score (nSPS) is 10.2. The second kappa shape index (κ2) is 5.17. The van der Waals surface area contributed by atoms with E-state index in [9.17, 15) is 4.79 Å². The van der Waals surface area contributed by atoms with Gasteiger partial charge in [-0.05, 0) is 18.2 Å². The maximum Gasteiger partial charge on any atom is 0.250 e. The van der Waals surface area contributed by atoms with Crippen molar-refractivity contribution in [2.75, 3.05) is 17.6 Å². The van der Waals surface area contributed by atoms with E-state index in [2.05, 4.69) is 20.0 Å². The second-order valence-electron chi connectivity index (χ2n) is 3.69. The summed E-state index contributed by atoms with van der Waals surface area (Å²) in [6, 6.07) is 4.88. The summed E-state index contributed by atoms with van der Waals surface area (Å²) in [4.78, 5) is 15.1. The van der Waals surface area contributed by atoms with E-state index in [0.717, 1.165) is 0 Å². The first-order valence-electron chi connectivity index (χ1n) is 5.35. The molecule has 94 valence electrons. The summed E-state index contributed by atoms with van der Waals surface area (Å²) in [7, 11) is 0.